The van der Waals surface area contributed by atoms with Gasteiger partial charge in [-0.25, -0.2) is 13.8 Å². The minimum Gasteiger partial charge on any atom is -0.481 e. The lowest BCUT2D eigenvalue weighted by atomic mass is 10.1. The molecular formula is C24H24ClF2N3O2. The Morgan fingerprint density at radius 3 is 2.62 bits per heavy atom. The second kappa shape index (κ2) is 8.14. The summed E-state index contributed by atoms with van der Waals surface area (Å²) >= 11 is 6.13. The molecule has 2 heterocycles. The highest BCUT2D eigenvalue weighted by Crippen LogP contribution is 2.42. The van der Waals surface area contributed by atoms with Crippen molar-refractivity contribution in [3.8, 4) is 11.4 Å². The highest BCUT2D eigenvalue weighted by atomic mass is 35.5. The van der Waals surface area contributed by atoms with Crippen LogP contribution >= 0.6 is 11.6 Å². The second-order valence-corrected chi connectivity index (χ2v) is 9.05. The van der Waals surface area contributed by atoms with Gasteiger partial charge in [0.1, 0.15) is 17.7 Å². The van der Waals surface area contributed by atoms with Crippen LogP contribution in [0, 0.1) is 25.5 Å². The first-order valence-corrected chi connectivity index (χ1v) is 11.1. The topological polar surface area (TPSA) is 50.5 Å². The summed E-state index contributed by atoms with van der Waals surface area (Å²) in [5.74, 6) is -0.0428. The van der Waals surface area contributed by atoms with Crippen molar-refractivity contribution in [1.82, 2.24) is 14.5 Å². The first-order chi connectivity index (χ1) is 15.3. The number of benzene rings is 2. The van der Waals surface area contributed by atoms with Crippen LogP contribution in [0.4, 0.5) is 8.78 Å². The van der Waals surface area contributed by atoms with Crippen LogP contribution in [-0.4, -0.2) is 44.8 Å². The molecule has 1 aliphatic carbocycles. The molecule has 3 aromatic rings. The molecular weight excluding hydrogens is 436 g/mol. The minimum absolute atomic E-state index is 0.0891. The van der Waals surface area contributed by atoms with Gasteiger partial charge in [0.2, 0.25) is 0 Å². The Bertz CT molecular complexity index is 1180. The standard InChI is InChI=1S/C24H24ClF2N3O2/c1-13-11-30(14(2)28-13)16-3-4-23(21(27)9-16)32-24-19-7-15(25)8-20(26)18(19)10-22(24)29-6-5-17(31)12-29/h3-4,7-9,11,17,22,24,31H,5-6,10,12H2,1-2H3/t17-,22+,24+/m1/s1. The third kappa shape index (κ3) is 3.78. The van der Waals surface area contributed by atoms with E-state index in [2.05, 4.69) is 9.88 Å². The van der Waals surface area contributed by atoms with E-state index in [1.54, 1.807) is 18.2 Å². The highest BCUT2D eigenvalue weighted by molar-refractivity contribution is 6.30. The van der Waals surface area contributed by atoms with E-state index in [0.29, 0.717) is 42.7 Å². The summed E-state index contributed by atoms with van der Waals surface area (Å²) in [5, 5.41) is 10.3. The molecule has 8 heteroatoms. The minimum atomic E-state index is -0.596. The molecule has 3 atom stereocenters. The van der Waals surface area contributed by atoms with E-state index in [0.717, 1.165) is 11.5 Å². The molecule has 1 saturated heterocycles. The average Bonchev–Trinajstić information content (AvgIpc) is 3.41. The average molecular weight is 460 g/mol. The fraction of sp³-hybridized carbons (Fsp3) is 0.375. The van der Waals surface area contributed by atoms with Crippen molar-refractivity contribution in [3.05, 3.63) is 75.8 Å². The molecule has 0 amide bonds. The van der Waals surface area contributed by atoms with Crippen molar-refractivity contribution in [2.75, 3.05) is 13.1 Å². The summed E-state index contributed by atoms with van der Waals surface area (Å²) < 4.78 is 37.8. The lowest BCUT2D eigenvalue weighted by molar-refractivity contribution is 0.0790. The summed E-state index contributed by atoms with van der Waals surface area (Å²) in [4.78, 5) is 6.45. The molecule has 0 unspecified atom stereocenters. The Morgan fingerprint density at radius 2 is 1.97 bits per heavy atom. The number of likely N-dealkylation sites (tertiary alicyclic amines) is 1. The number of ether oxygens (including phenoxy) is 1. The number of fused-ring (bicyclic) bond motifs is 1. The predicted octanol–water partition coefficient (Wildman–Crippen LogP) is 4.53. The number of β-amino-alcohol motifs (C(OH)–C–C–N with tert-alkyl or cyclic N) is 1. The molecule has 32 heavy (non-hydrogen) atoms. The maximum absolute atomic E-state index is 15.1. The molecule has 0 radical (unpaired) electrons. The molecule has 168 valence electrons. The molecule has 2 aromatic carbocycles. The van der Waals surface area contributed by atoms with E-state index < -0.39 is 18.0 Å². The van der Waals surface area contributed by atoms with Gasteiger partial charge in [-0.3, -0.25) is 4.90 Å². The van der Waals surface area contributed by atoms with E-state index in [-0.39, 0.29) is 22.6 Å². The van der Waals surface area contributed by atoms with Gasteiger partial charge in [-0.2, -0.15) is 0 Å². The number of hydrogen-bond donors (Lipinski definition) is 1. The molecule has 0 spiro atoms. The van der Waals surface area contributed by atoms with E-state index in [1.807, 2.05) is 24.6 Å². The third-order valence-electron chi connectivity index (χ3n) is 6.38. The number of imidazole rings is 1. The lowest BCUT2D eigenvalue weighted by Gasteiger charge is -2.30. The van der Waals surface area contributed by atoms with Gasteiger partial charge in [-0.15, -0.1) is 0 Å². The molecule has 1 fully saturated rings. The van der Waals surface area contributed by atoms with Crippen molar-refractivity contribution >= 4 is 11.6 Å². The van der Waals surface area contributed by atoms with Crippen LogP contribution in [-0.2, 0) is 6.42 Å². The van der Waals surface area contributed by atoms with Crippen LogP contribution in [0.25, 0.3) is 5.69 Å². The molecule has 1 N–H and O–H groups in total. The Hall–Kier alpha value is -2.48. The Labute approximate surface area is 190 Å². The molecule has 5 nitrogen and oxygen atoms in total. The fourth-order valence-corrected chi connectivity index (χ4v) is 5.11. The summed E-state index contributed by atoms with van der Waals surface area (Å²) in [7, 11) is 0. The fourth-order valence-electron chi connectivity index (χ4n) is 4.90. The molecule has 0 bridgehead atoms. The normalized spacial score (nSPS) is 23.0. The number of rotatable bonds is 4. The number of aliphatic hydroxyl groups excluding tert-OH is 1. The largest absolute Gasteiger partial charge is 0.481 e. The van der Waals surface area contributed by atoms with Crippen molar-refractivity contribution in [1.29, 1.82) is 0 Å². The maximum atomic E-state index is 15.1. The van der Waals surface area contributed by atoms with Crippen molar-refractivity contribution in [2.24, 2.45) is 0 Å². The summed E-state index contributed by atoms with van der Waals surface area (Å²) in [6.45, 7) is 4.90. The Kier molecular flexibility index (Phi) is 5.43. The summed E-state index contributed by atoms with van der Waals surface area (Å²) in [6.07, 6.45) is 1.89. The van der Waals surface area contributed by atoms with Gasteiger partial charge in [0.25, 0.3) is 0 Å². The third-order valence-corrected chi connectivity index (χ3v) is 6.60. The highest BCUT2D eigenvalue weighted by Gasteiger charge is 2.42. The maximum Gasteiger partial charge on any atom is 0.167 e. The lowest BCUT2D eigenvalue weighted by Crippen LogP contribution is -2.39. The first kappa shape index (κ1) is 21.4. The van der Waals surface area contributed by atoms with Crippen molar-refractivity contribution in [2.45, 2.75) is 44.9 Å². The van der Waals surface area contributed by atoms with Gasteiger partial charge in [-0.05, 0) is 56.5 Å². The number of hydrogen-bond acceptors (Lipinski definition) is 4. The van der Waals surface area contributed by atoms with Gasteiger partial charge in [0, 0.05) is 41.6 Å². The van der Waals surface area contributed by atoms with Gasteiger partial charge >= 0.3 is 0 Å². The van der Waals surface area contributed by atoms with Crippen LogP contribution in [0.15, 0.2) is 36.5 Å². The summed E-state index contributed by atoms with van der Waals surface area (Å²) in [6, 6.07) is 7.55. The Morgan fingerprint density at radius 1 is 1.16 bits per heavy atom. The SMILES string of the molecule is Cc1cn(-c2ccc(O[C@H]3c4cc(Cl)cc(F)c4C[C@@H]3N3CC[C@@H](O)C3)c(F)c2)c(C)n1. The zero-order valence-electron chi connectivity index (χ0n) is 17.9. The predicted molar refractivity (Wildman–Crippen MR) is 117 cm³/mol. The van der Waals surface area contributed by atoms with Crippen LogP contribution in [0.1, 0.15) is 35.2 Å². The monoisotopic (exact) mass is 459 g/mol. The van der Waals surface area contributed by atoms with Crippen LogP contribution in [0.5, 0.6) is 5.75 Å². The van der Waals surface area contributed by atoms with Crippen LogP contribution in [0.3, 0.4) is 0 Å². The first-order valence-electron chi connectivity index (χ1n) is 10.7. The number of halogens is 3. The zero-order valence-corrected chi connectivity index (χ0v) is 18.6. The van der Waals surface area contributed by atoms with Crippen molar-refractivity contribution in [3.63, 3.8) is 0 Å². The van der Waals surface area contributed by atoms with Gasteiger partial charge in [0.05, 0.1) is 17.8 Å². The molecule has 5 rings (SSSR count). The Balaban J connectivity index is 1.49. The molecule has 1 aromatic heterocycles. The second-order valence-electron chi connectivity index (χ2n) is 8.62. The van der Waals surface area contributed by atoms with Gasteiger partial charge in [-0.1, -0.05) is 11.6 Å². The van der Waals surface area contributed by atoms with Gasteiger partial charge < -0.3 is 14.4 Å². The number of aliphatic hydroxyl groups is 1. The van der Waals surface area contributed by atoms with Crippen LogP contribution in [0.2, 0.25) is 5.02 Å². The quantitative estimate of drug-likeness (QED) is 0.622. The van der Waals surface area contributed by atoms with Gasteiger partial charge in [0.15, 0.2) is 11.6 Å². The van der Waals surface area contributed by atoms with Crippen molar-refractivity contribution < 1.29 is 18.6 Å². The summed E-state index contributed by atoms with van der Waals surface area (Å²) in [5.41, 5.74) is 2.66. The molecule has 0 saturated carbocycles. The zero-order chi connectivity index (χ0) is 22.6. The molecule has 1 aliphatic heterocycles. The van der Waals surface area contributed by atoms with E-state index >= 15 is 4.39 Å². The van der Waals surface area contributed by atoms with E-state index in [4.69, 9.17) is 16.3 Å². The number of aromatic nitrogens is 2. The van der Waals surface area contributed by atoms with Crippen LogP contribution < -0.4 is 4.74 Å². The van der Waals surface area contributed by atoms with E-state index in [9.17, 15) is 9.50 Å². The van der Waals surface area contributed by atoms with E-state index in [1.165, 1.54) is 12.1 Å². The molecule has 2 aliphatic rings. The number of nitrogens with zero attached hydrogens (tertiary/aromatic N) is 3. The smallest absolute Gasteiger partial charge is 0.167 e. The number of aryl methyl sites for hydroxylation is 2.